The number of amides is 1. The first-order valence-electron chi connectivity index (χ1n) is 4.86. The third-order valence-electron chi connectivity index (χ3n) is 2.10. The highest BCUT2D eigenvalue weighted by molar-refractivity contribution is 5.88. The van der Waals surface area contributed by atoms with Crippen LogP contribution >= 0.6 is 0 Å². The average molecular weight is 181 g/mol. The molecule has 13 heavy (non-hydrogen) atoms. The van der Waals surface area contributed by atoms with Crippen LogP contribution in [0.5, 0.6) is 0 Å². The molecule has 1 rings (SSSR count). The molecule has 0 unspecified atom stereocenters. The minimum Gasteiger partial charge on any atom is -0.339 e. The lowest BCUT2D eigenvalue weighted by molar-refractivity contribution is -0.131. The Morgan fingerprint density at radius 1 is 1.38 bits per heavy atom. The summed E-state index contributed by atoms with van der Waals surface area (Å²) in [6.07, 6.45) is 3.67. The molecule has 0 aliphatic carbocycles. The van der Waals surface area contributed by atoms with Crippen LogP contribution in [-0.2, 0) is 4.79 Å². The fraction of sp³-hybridized carbons (Fsp3) is 0.727. The van der Waals surface area contributed by atoms with Crippen molar-refractivity contribution in [2.45, 2.75) is 27.7 Å². The summed E-state index contributed by atoms with van der Waals surface area (Å²) in [5.74, 6) is 0.847. The highest BCUT2D eigenvalue weighted by atomic mass is 16.2. The van der Waals surface area contributed by atoms with Crippen LogP contribution in [0.4, 0.5) is 0 Å². The Balaban J connectivity index is 2.38. The van der Waals surface area contributed by atoms with Crippen LogP contribution in [-0.4, -0.2) is 23.9 Å². The number of carbonyl (C=O) groups is 1. The van der Waals surface area contributed by atoms with Gasteiger partial charge in [-0.05, 0) is 17.4 Å². The monoisotopic (exact) mass is 181 g/mol. The molecule has 0 aromatic carbocycles. The molecule has 0 atom stereocenters. The van der Waals surface area contributed by atoms with Crippen molar-refractivity contribution in [1.29, 1.82) is 0 Å². The molecule has 1 aliphatic heterocycles. The zero-order valence-electron chi connectivity index (χ0n) is 9.00. The SMILES string of the molecule is CC1CN(C(=O)/C=C/C(C)(C)C)C1. The maximum atomic E-state index is 11.5. The number of carbonyl (C=O) groups excluding carboxylic acids is 1. The van der Waals surface area contributed by atoms with Gasteiger partial charge < -0.3 is 4.90 Å². The molecule has 1 saturated heterocycles. The summed E-state index contributed by atoms with van der Waals surface area (Å²) in [5, 5.41) is 0. The summed E-state index contributed by atoms with van der Waals surface area (Å²) in [6, 6.07) is 0. The van der Waals surface area contributed by atoms with Gasteiger partial charge in [0.1, 0.15) is 0 Å². The molecule has 0 bridgehead atoms. The summed E-state index contributed by atoms with van der Waals surface area (Å²) >= 11 is 0. The van der Waals surface area contributed by atoms with E-state index in [0.29, 0.717) is 5.92 Å². The van der Waals surface area contributed by atoms with Gasteiger partial charge in [0.2, 0.25) is 5.91 Å². The van der Waals surface area contributed by atoms with E-state index in [9.17, 15) is 4.79 Å². The molecule has 2 heteroatoms. The molecule has 0 aromatic heterocycles. The molecule has 1 fully saturated rings. The molecule has 0 radical (unpaired) electrons. The topological polar surface area (TPSA) is 20.3 Å². The van der Waals surface area contributed by atoms with Crippen LogP contribution in [0.2, 0.25) is 0 Å². The van der Waals surface area contributed by atoms with Gasteiger partial charge in [-0.3, -0.25) is 4.79 Å². The first-order chi connectivity index (χ1) is 5.88. The predicted octanol–water partition coefficient (Wildman–Crippen LogP) is 2.07. The molecule has 1 amide bonds. The van der Waals surface area contributed by atoms with Crippen molar-refractivity contribution in [2.75, 3.05) is 13.1 Å². The Labute approximate surface area is 80.6 Å². The van der Waals surface area contributed by atoms with E-state index in [1.807, 2.05) is 11.0 Å². The van der Waals surface area contributed by atoms with Crippen molar-refractivity contribution in [2.24, 2.45) is 11.3 Å². The molecule has 2 nitrogen and oxygen atoms in total. The molecular formula is C11H19NO. The van der Waals surface area contributed by atoms with Crippen LogP contribution in [0.1, 0.15) is 27.7 Å². The summed E-state index contributed by atoms with van der Waals surface area (Å²) in [5.41, 5.74) is 0.103. The van der Waals surface area contributed by atoms with Gasteiger partial charge in [0, 0.05) is 13.1 Å². The number of hydrogen-bond acceptors (Lipinski definition) is 1. The molecule has 0 spiro atoms. The van der Waals surface area contributed by atoms with Crippen molar-refractivity contribution in [1.82, 2.24) is 4.90 Å². The van der Waals surface area contributed by atoms with Crippen molar-refractivity contribution in [3.63, 3.8) is 0 Å². The van der Waals surface area contributed by atoms with Gasteiger partial charge in [0.15, 0.2) is 0 Å². The van der Waals surface area contributed by atoms with Gasteiger partial charge in [-0.25, -0.2) is 0 Å². The largest absolute Gasteiger partial charge is 0.339 e. The van der Waals surface area contributed by atoms with E-state index in [2.05, 4.69) is 27.7 Å². The summed E-state index contributed by atoms with van der Waals surface area (Å²) in [6.45, 7) is 10.3. The van der Waals surface area contributed by atoms with Gasteiger partial charge in [0.05, 0.1) is 0 Å². The second-order valence-corrected chi connectivity index (χ2v) is 5.05. The summed E-state index contributed by atoms with van der Waals surface area (Å²) in [4.78, 5) is 13.3. The molecule has 0 N–H and O–H groups in total. The van der Waals surface area contributed by atoms with E-state index in [-0.39, 0.29) is 11.3 Å². The number of likely N-dealkylation sites (tertiary alicyclic amines) is 1. The van der Waals surface area contributed by atoms with E-state index < -0.39 is 0 Å². The van der Waals surface area contributed by atoms with E-state index >= 15 is 0 Å². The first kappa shape index (κ1) is 10.3. The molecule has 0 aromatic rings. The van der Waals surface area contributed by atoms with Gasteiger partial charge in [-0.1, -0.05) is 33.8 Å². The van der Waals surface area contributed by atoms with E-state index in [1.54, 1.807) is 6.08 Å². The van der Waals surface area contributed by atoms with Crippen molar-refractivity contribution in [3.8, 4) is 0 Å². The predicted molar refractivity (Wildman–Crippen MR) is 54.3 cm³/mol. The maximum Gasteiger partial charge on any atom is 0.246 e. The van der Waals surface area contributed by atoms with Gasteiger partial charge >= 0.3 is 0 Å². The Bertz CT molecular complexity index is 219. The maximum absolute atomic E-state index is 11.5. The molecule has 1 heterocycles. The Hall–Kier alpha value is -0.790. The molecule has 74 valence electrons. The number of rotatable bonds is 1. The minimum absolute atomic E-state index is 0.103. The van der Waals surface area contributed by atoms with Crippen molar-refractivity contribution < 1.29 is 4.79 Å². The normalized spacial score (nSPS) is 19.2. The lowest BCUT2D eigenvalue weighted by Crippen LogP contribution is -2.48. The molecule has 1 aliphatic rings. The Morgan fingerprint density at radius 2 is 1.92 bits per heavy atom. The third-order valence-corrected chi connectivity index (χ3v) is 2.10. The Morgan fingerprint density at radius 3 is 2.31 bits per heavy atom. The first-order valence-corrected chi connectivity index (χ1v) is 4.86. The van der Waals surface area contributed by atoms with Gasteiger partial charge in [0.25, 0.3) is 0 Å². The lowest BCUT2D eigenvalue weighted by atomic mass is 9.96. The van der Waals surface area contributed by atoms with Crippen LogP contribution in [0.3, 0.4) is 0 Å². The second-order valence-electron chi connectivity index (χ2n) is 5.05. The van der Waals surface area contributed by atoms with Gasteiger partial charge in [-0.2, -0.15) is 0 Å². The average Bonchev–Trinajstić information content (AvgIpc) is 1.93. The number of allylic oxidation sites excluding steroid dienone is 1. The third kappa shape index (κ3) is 3.21. The number of nitrogens with zero attached hydrogens (tertiary/aromatic N) is 1. The zero-order valence-corrected chi connectivity index (χ0v) is 9.00. The lowest BCUT2D eigenvalue weighted by Gasteiger charge is -2.36. The van der Waals surface area contributed by atoms with Crippen LogP contribution in [0.15, 0.2) is 12.2 Å². The second kappa shape index (κ2) is 3.52. The molecule has 0 saturated carbocycles. The van der Waals surface area contributed by atoms with Gasteiger partial charge in [-0.15, -0.1) is 0 Å². The van der Waals surface area contributed by atoms with E-state index in [0.717, 1.165) is 13.1 Å². The highest BCUT2D eigenvalue weighted by Gasteiger charge is 2.25. The van der Waals surface area contributed by atoms with Crippen LogP contribution in [0.25, 0.3) is 0 Å². The van der Waals surface area contributed by atoms with E-state index in [4.69, 9.17) is 0 Å². The quantitative estimate of drug-likeness (QED) is 0.567. The summed E-state index contributed by atoms with van der Waals surface area (Å²) < 4.78 is 0. The van der Waals surface area contributed by atoms with Crippen LogP contribution < -0.4 is 0 Å². The smallest absolute Gasteiger partial charge is 0.246 e. The van der Waals surface area contributed by atoms with Crippen molar-refractivity contribution in [3.05, 3.63) is 12.2 Å². The fourth-order valence-electron chi connectivity index (χ4n) is 1.31. The zero-order chi connectivity index (χ0) is 10.1. The fourth-order valence-corrected chi connectivity index (χ4v) is 1.31. The highest BCUT2D eigenvalue weighted by Crippen LogP contribution is 2.17. The number of hydrogen-bond donors (Lipinski definition) is 0. The standard InChI is InChI=1S/C11H19NO/c1-9-7-12(8-9)10(13)5-6-11(2,3)4/h5-6,9H,7-8H2,1-4H3/b6-5+. The summed E-state index contributed by atoms with van der Waals surface area (Å²) in [7, 11) is 0. The van der Waals surface area contributed by atoms with E-state index in [1.165, 1.54) is 0 Å². The van der Waals surface area contributed by atoms with Crippen LogP contribution in [0, 0.1) is 11.3 Å². The molecular weight excluding hydrogens is 162 g/mol. The minimum atomic E-state index is 0.103. The Kier molecular flexibility index (Phi) is 2.79. The van der Waals surface area contributed by atoms with Crippen molar-refractivity contribution >= 4 is 5.91 Å².